The highest BCUT2D eigenvalue weighted by Crippen LogP contribution is 2.12. The van der Waals surface area contributed by atoms with Gasteiger partial charge in [-0.05, 0) is 18.1 Å². The van der Waals surface area contributed by atoms with E-state index in [0.29, 0.717) is 24.8 Å². The van der Waals surface area contributed by atoms with Crippen LogP contribution in [0.5, 0.6) is 5.88 Å². The maximum Gasteiger partial charge on any atom is 0.354 e. The van der Waals surface area contributed by atoms with Crippen LogP contribution >= 0.6 is 0 Å². The van der Waals surface area contributed by atoms with Crippen molar-refractivity contribution in [2.75, 3.05) is 11.9 Å². The summed E-state index contributed by atoms with van der Waals surface area (Å²) in [6.45, 7) is 3.11. The molecule has 0 aliphatic carbocycles. The molecule has 110 valence electrons. The predicted molar refractivity (Wildman–Crippen MR) is 76.3 cm³/mol. The van der Waals surface area contributed by atoms with Gasteiger partial charge in [0.2, 0.25) is 5.88 Å². The summed E-state index contributed by atoms with van der Waals surface area (Å²) in [6.07, 6.45) is 3.86. The van der Waals surface area contributed by atoms with Crippen molar-refractivity contribution >= 4 is 11.8 Å². The van der Waals surface area contributed by atoms with Gasteiger partial charge in [-0.15, -0.1) is 0 Å². The van der Waals surface area contributed by atoms with Crippen LogP contribution in [0.4, 0.5) is 5.82 Å². The smallest absolute Gasteiger partial charge is 0.354 e. The fourth-order valence-electron chi connectivity index (χ4n) is 1.57. The van der Waals surface area contributed by atoms with E-state index in [2.05, 4.69) is 20.3 Å². The molecular weight excluding hydrogens is 272 g/mol. The van der Waals surface area contributed by atoms with Crippen LogP contribution < -0.4 is 10.1 Å². The second-order valence-corrected chi connectivity index (χ2v) is 4.30. The van der Waals surface area contributed by atoms with Gasteiger partial charge in [0.15, 0.2) is 0 Å². The zero-order valence-corrected chi connectivity index (χ0v) is 11.6. The summed E-state index contributed by atoms with van der Waals surface area (Å²) in [5.41, 5.74) is 0.880. The Bertz CT molecular complexity index is 601. The molecule has 0 saturated heterocycles. The third-order valence-corrected chi connectivity index (χ3v) is 2.61. The van der Waals surface area contributed by atoms with E-state index in [9.17, 15) is 4.79 Å². The van der Waals surface area contributed by atoms with Crippen molar-refractivity contribution in [2.24, 2.45) is 0 Å². The molecule has 2 aromatic heterocycles. The zero-order chi connectivity index (χ0) is 15.1. The third kappa shape index (κ3) is 4.41. The van der Waals surface area contributed by atoms with Crippen molar-refractivity contribution in [1.29, 1.82) is 0 Å². The van der Waals surface area contributed by atoms with Crippen molar-refractivity contribution < 1.29 is 14.6 Å². The van der Waals surface area contributed by atoms with Crippen LogP contribution in [0.3, 0.4) is 0 Å². The first-order valence-corrected chi connectivity index (χ1v) is 6.56. The average Bonchev–Trinajstić information content (AvgIpc) is 2.52. The predicted octanol–water partition coefficient (Wildman–Crippen LogP) is 1.97. The Morgan fingerprint density at radius 2 is 2.19 bits per heavy atom. The molecule has 0 saturated carbocycles. The van der Waals surface area contributed by atoms with Crippen LogP contribution in [-0.4, -0.2) is 32.6 Å². The number of ether oxygens (including phenoxy) is 1. The summed E-state index contributed by atoms with van der Waals surface area (Å²) in [4.78, 5) is 22.7. The van der Waals surface area contributed by atoms with E-state index in [1.165, 1.54) is 18.6 Å². The van der Waals surface area contributed by atoms with Crippen LogP contribution in [0.15, 0.2) is 30.7 Å². The Kier molecular flexibility index (Phi) is 5.03. The molecule has 0 amide bonds. The number of aromatic carboxylic acids is 1. The molecular formula is C14H16N4O3. The van der Waals surface area contributed by atoms with Crippen molar-refractivity contribution in [2.45, 2.75) is 19.9 Å². The number of anilines is 1. The van der Waals surface area contributed by atoms with Gasteiger partial charge in [-0.1, -0.05) is 13.0 Å². The van der Waals surface area contributed by atoms with E-state index in [0.717, 1.165) is 12.0 Å². The van der Waals surface area contributed by atoms with Gasteiger partial charge in [0.25, 0.3) is 0 Å². The minimum atomic E-state index is -1.04. The van der Waals surface area contributed by atoms with E-state index < -0.39 is 5.97 Å². The zero-order valence-electron chi connectivity index (χ0n) is 11.6. The Morgan fingerprint density at radius 3 is 2.86 bits per heavy atom. The van der Waals surface area contributed by atoms with E-state index in [1.54, 1.807) is 12.1 Å². The summed E-state index contributed by atoms with van der Waals surface area (Å²) >= 11 is 0. The molecule has 7 heteroatoms. The average molecular weight is 288 g/mol. The molecule has 7 nitrogen and oxygen atoms in total. The van der Waals surface area contributed by atoms with Gasteiger partial charge in [-0.25, -0.2) is 19.7 Å². The highest BCUT2D eigenvalue weighted by atomic mass is 16.5. The Morgan fingerprint density at radius 1 is 1.33 bits per heavy atom. The molecule has 2 aromatic rings. The van der Waals surface area contributed by atoms with Crippen molar-refractivity contribution in [3.63, 3.8) is 0 Å². The molecule has 0 radical (unpaired) electrons. The number of nitrogens with zero attached hydrogens (tertiary/aromatic N) is 3. The molecule has 0 bridgehead atoms. The maximum absolute atomic E-state index is 10.7. The topological polar surface area (TPSA) is 97.2 Å². The lowest BCUT2D eigenvalue weighted by Crippen LogP contribution is -2.05. The molecule has 0 aliphatic rings. The number of nitrogens with one attached hydrogen (secondary N) is 1. The summed E-state index contributed by atoms with van der Waals surface area (Å²) in [6, 6.07) is 4.89. The van der Waals surface area contributed by atoms with Gasteiger partial charge in [0, 0.05) is 18.8 Å². The largest absolute Gasteiger partial charge is 0.478 e. The van der Waals surface area contributed by atoms with Gasteiger partial charge in [-0.2, -0.15) is 0 Å². The number of carboxylic acid groups (broad SMARTS) is 1. The standard InChI is InChI=1S/C14H16N4O3/c1-2-5-21-13-6-12(17-9-18-13)16-8-10-3-4-11(14(19)20)15-7-10/h3-4,6-7,9H,2,5,8H2,1H3,(H,19,20)(H,16,17,18). The van der Waals surface area contributed by atoms with Crippen LogP contribution in [-0.2, 0) is 6.54 Å². The summed E-state index contributed by atoms with van der Waals surface area (Å²) in [7, 11) is 0. The van der Waals surface area contributed by atoms with Gasteiger partial charge in [0.05, 0.1) is 6.61 Å². The van der Waals surface area contributed by atoms with Gasteiger partial charge < -0.3 is 15.2 Å². The van der Waals surface area contributed by atoms with E-state index in [-0.39, 0.29) is 5.69 Å². The molecule has 21 heavy (non-hydrogen) atoms. The van der Waals surface area contributed by atoms with E-state index >= 15 is 0 Å². The molecule has 0 aromatic carbocycles. The first-order valence-electron chi connectivity index (χ1n) is 6.56. The number of carbonyl (C=O) groups is 1. The lowest BCUT2D eigenvalue weighted by atomic mass is 10.2. The second kappa shape index (κ2) is 7.18. The number of pyridine rings is 1. The van der Waals surface area contributed by atoms with Crippen LogP contribution in [0.25, 0.3) is 0 Å². The van der Waals surface area contributed by atoms with Gasteiger partial charge in [0.1, 0.15) is 17.8 Å². The highest BCUT2D eigenvalue weighted by Gasteiger charge is 2.04. The molecule has 0 aliphatic heterocycles. The van der Waals surface area contributed by atoms with Crippen LogP contribution in [0.1, 0.15) is 29.4 Å². The van der Waals surface area contributed by atoms with Gasteiger partial charge in [-0.3, -0.25) is 0 Å². The van der Waals surface area contributed by atoms with Crippen molar-refractivity contribution in [1.82, 2.24) is 15.0 Å². The molecule has 0 atom stereocenters. The number of hydrogen-bond donors (Lipinski definition) is 2. The first kappa shape index (κ1) is 14.7. The first-order chi connectivity index (χ1) is 10.2. The van der Waals surface area contributed by atoms with E-state index in [1.807, 2.05) is 6.92 Å². The van der Waals surface area contributed by atoms with Gasteiger partial charge >= 0.3 is 5.97 Å². The lowest BCUT2D eigenvalue weighted by molar-refractivity contribution is 0.0690. The summed E-state index contributed by atoms with van der Waals surface area (Å²) in [5, 5.41) is 11.9. The molecule has 0 unspecified atom stereocenters. The number of carboxylic acids is 1. The molecule has 0 fully saturated rings. The summed E-state index contributed by atoms with van der Waals surface area (Å²) < 4.78 is 5.42. The number of hydrogen-bond acceptors (Lipinski definition) is 6. The molecule has 2 rings (SSSR count). The quantitative estimate of drug-likeness (QED) is 0.803. The SMILES string of the molecule is CCCOc1cc(NCc2ccc(C(=O)O)nc2)ncn1. The van der Waals surface area contributed by atoms with E-state index in [4.69, 9.17) is 9.84 Å². The lowest BCUT2D eigenvalue weighted by Gasteiger charge is -2.07. The highest BCUT2D eigenvalue weighted by molar-refractivity contribution is 5.85. The number of aromatic nitrogens is 3. The fourth-order valence-corrected chi connectivity index (χ4v) is 1.57. The summed E-state index contributed by atoms with van der Waals surface area (Å²) in [5.74, 6) is 0.120. The monoisotopic (exact) mass is 288 g/mol. The Balaban J connectivity index is 1.94. The molecule has 0 spiro atoms. The number of rotatable bonds is 7. The molecule has 2 heterocycles. The molecule has 2 N–H and O–H groups in total. The van der Waals surface area contributed by atoms with Crippen molar-refractivity contribution in [3.8, 4) is 5.88 Å². The third-order valence-electron chi connectivity index (χ3n) is 2.61. The minimum absolute atomic E-state index is 0.0241. The maximum atomic E-state index is 10.7. The van der Waals surface area contributed by atoms with Crippen LogP contribution in [0.2, 0.25) is 0 Å². The normalized spacial score (nSPS) is 10.1. The minimum Gasteiger partial charge on any atom is -0.478 e. The van der Waals surface area contributed by atoms with Crippen LogP contribution in [0, 0.1) is 0 Å². The Labute approximate surface area is 122 Å². The second-order valence-electron chi connectivity index (χ2n) is 4.30. The Hall–Kier alpha value is -2.70. The fraction of sp³-hybridized carbons (Fsp3) is 0.286. The van der Waals surface area contributed by atoms with Crippen molar-refractivity contribution in [3.05, 3.63) is 42.0 Å².